The lowest BCUT2D eigenvalue weighted by Crippen LogP contribution is -1.95. The number of aldehydes is 1. The number of pyridine rings is 1. The van der Waals surface area contributed by atoms with E-state index in [1.165, 1.54) is 7.11 Å². The summed E-state index contributed by atoms with van der Waals surface area (Å²) >= 11 is 3.32. The molecule has 2 aromatic rings. The fourth-order valence-electron chi connectivity index (χ4n) is 1.26. The third kappa shape index (κ3) is 1.29. The first-order valence-electron chi connectivity index (χ1n) is 3.92. The van der Waals surface area contributed by atoms with Gasteiger partial charge in [-0.3, -0.25) is 9.20 Å². The molecule has 2 rings (SSSR count). The summed E-state index contributed by atoms with van der Waals surface area (Å²) in [6.07, 6.45) is 4.10. The minimum absolute atomic E-state index is 0.499. The van der Waals surface area contributed by atoms with Gasteiger partial charge in [-0.25, -0.2) is 4.98 Å². The van der Waals surface area contributed by atoms with Crippen molar-refractivity contribution in [1.29, 1.82) is 0 Å². The molecule has 0 bridgehead atoms. The predicted molar refractivity (Wildman–Crippen MR) is 54.8 cm³/mol. The molecule has 0 radical (unpaired) electrons. The maximum absolute atomic E-state index is 10.7. The Kier molecular flexibility index (Phi) is 2.25. The maximum atomic E-state index is 10.7. The van der Waals surface area contributed by atoms with Crippen molar-refractivity contribution >= 4 is 27.9 Å². The number of hydrogen-bond donors (Lipinski definition) is 0. The van der Waals surface area contributed by atoms with Crippen molar-refractivity contribution in [3.63, 3.8) is 0 Å². The Morgan fingerprint density at radius 1 is 1.64 bits per heavy atom. The number of ether oxygens (including phenoxy) is 1. The van der Waals surface area contributed by atoms with Crippen molar-refractivity contribution in [2.45, 2.75) is 0 Å². The molecule has 0 aliphatic rings. The summed E-state index contributed by atoms with van der Waals surface area (Å²) in [5, 5.41) is 0. The lowest BCUT2D eigenvalue weighted by atomic mass is 10.3. The maximum Gasteiger partial charge on any atom is 0.155 e. The van der Waals surface area contributed by atoms with E-state index in [4.69, 9.17) is 4.74 Å². The highest BCUT2D eigenvalue weighted by atomic mass is 79.9. The Hall–Kier alpha value is -1.36. The minimum atomic E-state index is 0.499. The molecule has 0 fully saturated rings. The number of carbonyl (C=O) groups is 1. The highest BCUT2D eigenvalue weighted by molar-refractivity contribution is 9.10. The van der Waals surface area contributed by atoms with Crippen LogP contribution in [0.4, 0.5) is 0 Å². The molecule has 0 spiro atoms. The molecule has 72 valence electrons. The molecule has 0 aromatic carbocycles. The summed E-state index contributed by atoms with van der Waals surface area (Å²) in [4.78, 5) is 14.9. The molecule has 0 aliphatic heterocycles. The smallest absolute Gasteiger partial charge is 0.155 e. The van der Waals surface area contributed by atoms with E-state index < -0.39 is 0 Å². The van der Waals surface area contributed by atoms with Gasteiger partial charge in [0.05, 0.1) is 18.9 Å². The standard InChI is InChI=1S/C9H7BrN2O2/c1-14-7-2-9-11-3-8(10)12(9)4-6(7)5-13/h2-5H,1H3. The zero-order valence-electron chi connectivity index (χ0n) is 7.40. The van der Waals surface area contributed by atoms with Crippen LogP contribution in [0.15, 0.2) is 23.1 Å². The molecule has 4 nitrogen and oxygen atoms in total. The van der Waals surface area contributed by atoms with Crippen LogP contribution in [-0.4, -0.2) is 22.8 Å². The van der Waals surface area contributed by atoms with Crippen LogP contribution < -0.4 is 4.74 Å². The number of rotatable bonds is 2. The Morgan fingerprint density at radius 3 is 3.07 bits per heavy atom. The average Bonchev–Trinajstić information content (AvgIpc) is 2.58. The highest BCUT2D eigenvalue weighted by Gasteiger charge is 2.07. The molecule has 0 atom stereocenters. The van der Waals surface area contributed by atoms with Gasteiger partial charge in [0.15, 0.2) is 6.29 Å². The zero-order chi connectivity index (χ0) is 10.1. The lowest BCUT2D eigenvalue weighted by Gasteiger charge is -2.04. The average molecular weight is 255 g/mol. The molecule has 5 heteroatoms. The lowest BCUT2D eigenvalue weighted by molar-refractivity contribution is 0.112. The van der Waals surface area contributed by atoms with Gasteiger partial charge in [0.25, 0.3) is 0 Å². The molecule has 0 aliphatic carbocycles. The molecule has 0 saturated heterocycles. The number of carbonyl (C=O) groups excluding carboxylic acids is 1. The van der Waals surface area contributed by atoms with E-state index in [1.54, 1.807) is 22.9 Å². The molecule has 0 amide bonds. The first-order valence-corrected chi connectivity index (χ1v) is 4.71. The molecule has 0 N–H and O–H groups in total. The van der Waals surface area contributed by atoms with Crippen LogP contribution in [0.5, 0.6) is 5.75 Å². The van der Waals surface area contributed by atoms with Gasteiger partial charge in [-0.2, -0.15) is 0 Å². The zero-order valence-corrected chi connectivity index (χ0v) is 8.98. The van der Waals surface area contributed by atoms with Crippen molar-refractivity contribution in [1.82, 2.24) is 9.38 Å². The van der Waals surface area contributed by atoms with E-state index >= 15 is 0 Å². The molecule has 2 aromatic heterocycles. The Morgan fingerprint density at radius 2 is 2.43 bits per heavy atom. The van der Waals surface area contributed by atoms with Crippen LogP contribution >= 0.6 is 15.9 Å². The topological polar surface area (TPSA) is 43.6 Å². The van der Waals surface area contributed by atoms with Crippen molar-refractivity contribution < 1.29 is 9.53 Å². The third-order valence-corrected chi connectivity index (χ3v) is 2.53. The van der Waals surface area contributed by atoms with E-state index in [-0.39, 0.29) is 0 Å². The van der Waals surface area contributed by atoms with E-state index in [0.717, 1.165) is 16.5 Å². The van der Waals surface area contributed by atoms with Crippen molar-refractivity contribution in [2.24, 2.45) is 0 Å². The highest BCUT2D eigenvalue weighted by Crippen LogP contribution is 2.21. The van der Waals surface area contributed by atoms with Gasteiger partial charge in [-0.15, -0.1) is 0 Å². The molecule has 0 unspecified atom stereocenters. The van der Waals surface area contributed by atoms with Crippen LogP contribution in [0.2, 0.25) is 0 Å². The normalized spacial score (nSPS) is 10.4. The second-order valence-electron chi connectivity index (χ2n) is 2.72. The van der Waals surface area contributed by atoms with Gasteiger partial charge in [0.2, 0.25) is 0 Å². The van der Waals surface area contributed by atoms with Crippen molar-refractivity contribution in [3.8, 4) is 5.75 Å². The van der Waals surface area contributed by atoms with Crippen LogP contribution in [0.3, 0.4) is 0 Å². The first-order chi connectivity index (χ1) is 6.76. The second-order valence-corrected chi connectivity index (χ2v) is 3.54. The summed E-state index contributed by atoms with van der Waals surface area (Å²) in [6, 6.07) is 1.72. The fourth-order valence-corrected chi connectivity index (χ4v) is 1.64. The van der Waals surface area contributed by atoms with Gasteiger partial charge >= 0.3 is 0 Å². The number of aromatic nitrogens is 2. The predicted octanol–water partition coefficient (Wildman–Crippen LogP) is 1.92. The van der Waals surface area contributed by atoms with Gasteiger partial charge in [-0.1, -0.05) is 0 Å². The quantitative estimate of drug-likeness (QED) is 0.770. The Balaban J connectivity index is 2.77. The van der Waals surface area contributed by atoms with Crippen LogP contribution in [-0.2, 0) is 0 Å². The fraction of sp³-hybridized carbons (Fsp3) is 0.111. The van der Waals surface area contributed by atoms with Crippen LogP contribution in [0.25, 0.3) is 5.65 Å². The van der Waals surface area contributed by atoms with Gasteiger partial charge in [-0.05, 0) is 15.9 Å². The summed E-state index contributed by atoms with van der Waals surface area (Å²) < 4.78 is 7.63. The van der Waals surface area contributed by atoms with E-state index in [1.807, 2.05) is 0 Å². The first kappa shape index (κ1) is 9.21. The van der Waals surface area contributed by atoms with E-state index in [9.17, 15) is 4.79 Å². The van der Waals surface area contributed by atoms with Gasteiger partial charge in [0.1, 0.15) is 16.0 Å². The summed E-state index contributed by atoms with van der Waals surface area (Å²) in [6.45, 7) is 0. The number of imidazole rings is 1. The second kappa shape index (κ2) is 3.42. The summed E-state index contributed by atoms with van der Waals surface area (Å²) in [7, 11) is 1.52. The van der Waals surface area contributed by atoms with Gasteiger partial charge in [0, 0.05) is 12.3 Å². The molecule has 2 heterocycles. The monoisotopic (exact) mass is 254 g/mol. The number of hydrogen-bond acceptors (Lipinski definition) is 3. The molecule has 0 saturated carbocycles. The molecule has 14 heavy (non-hydrogen) atoms. The molecular weight excluding hydrogens is 248 g/mol. The number of methoxy groups -OCH3 is 1. The Bertz CT molecular complexity index is 493. The summed E-state index contributed by atoms with van der Waals surface area (Å²) in [5.41, 5.74) is 1.23. The minimum Gasteiger partial charge on any atom is -0.496 e. The number of nitrogens with zero attached hydrogens (tertiary/aromatic N) is 2. The summed E-state index contributed by atoms with van der Waals surface area (Å²) in [5.74, 6) is 0.533. The number of halogens is 1. The van der Waals surface area contributed by atoms with Gasteiger partial charge < -0.3 is 4.74 Å². The Labute approximate surface area is 88.6 Å². The van der Waals surface area contributed by atoms with E-state index in [0.29, 0.717) is 11.3 Å². The molecular formula is C9H7BrN2O2. The van der Waals surface area contributed by atoms with Crippen LogP contribution in [0.1, 0.15) is 10.4 Å². The van der Waals surface area contributed by atoms with Crippen LogP contribution in [0, 0.1) is 0 Å². The van der Waals surface area contributed by atoms with Crippen molar-refractivity contribution in [3.05, 3.63) is 28.6 Å². The van der Waals surface area contributed by atoms with Crippen molar-refractivity contribution in [2.75, 3.05) is 7.11 Å². The SMILES string of the molecule is COc1cc2ncc(Br)n2cc1C=O. The third-order valence-electron chi connectivity index (χ3n) is 1.94. The number of fused-ring (bicyclic) bond motifs is 1. The largest absolute Gasteiger partial charge is 0.496 e. The van der Waals surface area contributed by atoms with E-state index in [2.05, 4.69) is 20.9 Å².